The van der Waals surface area contributed by atoms with E-state index in [0.717, 1.165) is 19.4 Å². The maximum absolute atomic E-state index is 5.86. The zero-order valence-corrected chi connectivity index (χ0v) is 19.3. The number of unbranched alkanes of at least 4 members (excludes halogenated alkanes) is 13. The van der Waals surface area contributed by atoms with Gasteiger partial charge in [-0.25, -0.2) is 0 Å². The quantitative estimate of drug-likeness (QED) is 0.175. The Hall–Kier alpha value is -0.890. The molecular formula is C26H48NO+. The van der Waals surface area contributed by atoms with Crippen LogP contribution in [-0.2, 0) is 24.3 Å². The first-order valence-electron chi connectivity index (χ1n) is 12.4. The van der Waals surface area contributed by atoms with Crippen LogP contribution in [0.5, 0.6) is 0 Å². The Morgan fingerprint density at radius 2 is 1.14 bits per heavy atom. The lowest BCUT2D eigenvalue weighted by molar-refractivity contribution is -0.733. The minimum atomic E-state index is 0.690. The lowest BCUT2D eigenvalue weighted by Gasteiger charge is -2.06. The van der Waals surface area contributed by atoms with Crippen LogP contribution in [0.1, 0.15) is 122 Å². The largest absolute Gasteiger partial charge is 0.323 e. The van der Waals surface area contributed by atoms with Gasteiger partial charge in [-0.15, -0.1) is 0 Å². The fraction of sp³-hybridized carbons (Fsp3) is 0.808. The zero-order valence-electron chi connectivity index (χ0n) is 19.3. The van der Waals surface area contributed by atoms with E-state index < -0.39 is 0 Å². The molecule has 0 aliphatic carbocycles. The Kier molecular flexibility index (Phi) is 16.3. The van der Waals surface area contributed by atoms with Gasteiger partial charge in [0, 0.05) is 11.6 Å². The number of rotatable bonds is 19. The normalized spacial score (nSPS) is 11.2. The average molecular weight is 391 g/mol. The fourth-order valence-corrected chi connectivity index (χ4v) is 3.93. The number of hydrogen-bond acceptors (Lipinski definition) is 1. The maximum Gasteiger partial charge on any atom is 0.252 e. The Morgan fingerprint density at radius 3 is 1.64 bits per heavy atom. The SMILES string of the molecule is CCCCCCCCCCCCCCCCOC[n+]1ccc(CC)c(CC)c1. The topological polar surface area (TPSA) is 13.1 Å². The van der Waals surface area contributed by atoms with E-state index in [9.17, 15) is 0 Å². The highest BCUT2D eigenvalue weighted by atomic mass is 16.5. The van der Waals surface area contributed by atoms with Crippen LogP contribution in [0.3, 0.4) is 0 Å². The summed E-state index contributed by atoms with van der Waals surface area (Å²) in [6.45, 7) is 8.33. The second kappa shape index (κ2) is 18.2. The van der Waals surface area contributed by atoms with Gasteiger partial charge in [0.2, 0.25) is 0 Å². The highest BCUT2D eigenvalue weighted by Gasteiger charge is 2.06. The summed E-state index contributed by atoms with van der Waals surface area (Å²) in [7, 11) is 0. The van der Waals surface area contributed by atoms with Gasteiger partial charge in [0.25, 0.3) is 6.73 Å². The molecule has 0 bridgehead atoms. The van der Waals surface area contributed by atoms with Crippen LogP contribution >= 0.6 is 0 Å². The van der Waals surface area contributed by atoms with Gasteiger partial charge >= 0.3 is 0 Å². The molecule has 0 spiro atoms. The Labute approximate surface area is 176 Å². The number of pyridine rings is 1. The maximum atomic E-state index is 5.86. The Morgan fingerprint density at radius 1 is 0.643 bits per heavy atom. The molecule has 1 rings (SSSR count). The molecule has 28 heavy (non-hydrogen) atoms. The van der Waals surface area contributed by atoms with E-state index in [-0.39, 0.29) is 0 Å². The van der Waals surface area contributed by atoms with Crippen LogP contribution in [0.15, 0.2) is 18.5 Å². The molecule has 0 amide bonds. The molecule has 0 radical (unpaired) electrons. The third kappa shape index (κ3) is 12.5. The van der Waals surface area contributed by atoms with E-state index in [1.54, 1.807) is 0 Å². The second-order valence-corrected chi connectivity index (χ2v) is 8.35. The van der Waals surface area contributed by atoms with Crippen LogP contribution in [0, 0.1) is 0 Å². The van der Waals surface area contributed by atoms with Gasteiger partial charge < -0.3 is 4.74 Å². The standard InChI is InChI=1S/C26H48NO/c1-4-7-8-9-10-11-12-13-14-15-16-17-18-19-22-28-24-27-21-20-25(5-2)26(6-3)23-27/h20-21,23H,4-19,22,24H2,1-3H3/q+1. The number of ether oxygens (including phenoxy) is 1. The van der Waals surface area contributed by atoms with Gasteiger partial charge in [-0.2, -0.15) is 4.57 Å². The van der Waals surface area contributed by atoms with E-state index in [4.69, 9.17) is 4.74 Å². The molecule has 0 aromatic carbocycles. The minimum Gasteiger partial charge on any atom is -0.323 e. The molecule has 0 aliphatic heterocycles. The molecule has 0 saturated carbocycles. The lowest BCUT2D eigenvalue weighted by atomic mass is 10.0. The third-order valence-electron chi connectivity index (χ3n) is 5.85. The van der Waals surface area contributed by atoms with Crippen LogP contribution in [-0.4, -0.2) is 6.61 Å². The van der Waals surface area contributed by atoms with Gasteiger partial charge in [0.1, 0.15) is 0 Å². The van der Waals surface area contributed by atoms with Crippen molar-refractivity contribution < 1.29 is 9.30 Å². The van der Waals surface area contributed by atoms with Gasteiger partial charge in [-0.3, -0.25) is 0 Å². The summed E-state index contributed by atoms with van der Waals surface area (Å²) in [5.74, 6) is 0. The van der Waals surface area contributed by atoms with Crippen molar-refractivity contribution in [3.8, 4) is 0 Å². The molecule has 1 aromatic heterocycles. The summed E-state index contributed by atoms with van der Waals surface area (Å²) in [6, 6.07) is 2.24. The first-order valence-corrected chi connectivity index (χ1v) is 12.4. The van der Waals surface area contributed by atoms with Crippen molar-refractivity contribution in [3.05, 3.63) is 29.6 Å². The third-order valence-corrected chi connectivity index (χ3v) is 5.85. The molecule has 1 aromatic rings. The number of aromatic nitrogens is 1. The highest BCUT2D eigenvalue weighted by molar-refractivity contribution is 5.20. The zero-order chi connectivity index (χ0) is 20.3. The summed E-state index contributed by atoms with van der Waals surface area (Å²) in [5.41, 5.74) is 2.91. The van der Waals surface area contributed by atoms with Gasteiger partial charge in [-0.05, 0) is 24.8 Å². The molecule has 162 valence electrons. The predicted octanol–water partition coefficient (Wildman–Crippen LogP) is 7.55. The van der Waals surface area contributed by atoms with Crippen molar-refractivity contribution in [2.45, 2.75) is 130 Å². The highest BCUT2D eigenvalue weighted by Crippen LogP contribution is 2.13. The monoisotopic (exact) mass is 390 g/mol. The van der Waals surface area contributed by atoms with Crippen LogP contribution < -0.4 is 4.57 Å². The molecule has 0 aliphatic rings. The summed E-state index contributed by atoms with van der Waals surface area (Å²) < 4.78 is 8.05. The lowest BCUT2D eigenvalue weighted by Crippen LogP contribution is -2.35. The van der Waals surface area contributed by atoms with Crippen LogP contribution in [0.25, 0.3) is 0 Å². The first-order chi connectivity index (χ1) is 13.8. The van der Waals surface area contributed by atoms with Gasteiger partial charge in [0.05, 0.1) is 6.61 Å². The number of aryl methyl sites for hydroxylation is 2. The number of nitrogens with zero attached hydrogens (tertiary/aromatic N) is 1. The van der Waals surface area contributed by atoms with E-state index in [1.807, 2.05) is 0 Å². The first kappa shape index (κ1) is 25.1. The molecule has 2 nitrogen and oxygen atoms in total. The summed E-state index contributed by atoms with van der Waals surface area (Å²) in [6.07, 6.45) is 26.3. The molecule has 0 N–H and O–H groups in total. The minimum absolute atomic E-state index is 0.690. The average Bonchev–Trinajstić information content (AvgIpc) is 2.73. The smallest absolute Gasteiger partial charge is 0.252 e. The van der Waals surface area contributed by atoms with Gasteiger partial charge in [-0.1, -0.05) is 104 Å². The molecule has 0 atom stereocenters. The van der Waals surface area contributed by atoms with E-state index in [0.29, 0.717) is 6.73 Å². The molecule has 0 fully saturated rings. The molecule has 0 unspecified atom stereocenters. The van der Waals surface area contributed by atoms with Gasteiger partial charge in [0.15, 0.2) is 12.4 Å². The van der Waals surface area contributed by atoms with Crippen molar-refractivity contribution in [2.75, 3.05) is 6.61 Å². The van der Waals surface area contributed by atoms with Crippen molar-refractivity contribution in [1.82, 2.24) is 0 Å². The van der Waals surface area contributed by atoms with E-state index in [1.165, 1.54) is 101 Å². The Bertz CT molecular complexity index is 472. The molecule has 2 heteroatoms. The van der Waals surface area contributed by atoms with Crippen LogP contribution in [0.4, 0.5) is 0 Å². The van der Waals surface area contributed by atoms with Crippen molar-refractivity contribution in [1.29, 1.82) is 0 Å². The van der Waals surface area contributed by atoms with Crippen molar-refractivity contribution >= 4 is 0 Å². The van der Waals surface area contributed by atoms with E-state index >= 15 is 0 Å². The summed E-state index contributed by atoms with van der Waals surface area (Å²) in [4.78, 5) is 0. The molecule has 1 heterocycles. The molecular weight excluding hydrogens is 342 g/mol. The molecule has 0 saturated heterocycles. The number of hydrogen-bond donors (Lipinski definition) is 0. The summed E-state index contributed by atoms with van der Waals surface area (Å²) in [5, 5.41) is 0. The van der Waals surface area contributed by atoms with Crippen LogP contribution in [0.2, 0.25) is 0 Å². The Balaban J connectivity index is 1.87. The van der Waals surface area contributed by atoms with Crippen molar-refractivity contribution in [2.24, 2.45) is 0 Å². The second-order valence-electron chi connectivity index (χ2n) is 8.35. The fourth-order valence-electron chi connectivity index (χ4n) is 3.93. The predicted molar refractivity (Wildman–Crippen MR) is 122 cm³/mol. The summed E-state index contributed by atoms with van der Waals surface area (Å²) >= 11 is 0. The van der Waals surface area contributed by atoms with E-state index in [2.05, 4.69) is 43.8 Å². The van der Waals surface area contributed by atoms with Crippen molar-refractivity contribution in [3.63, 3.8) is 0 Å².